The van der Waals surface area contributed by atoms with Crippen LogP contribution in [0.1, 0.15) is 18.5 Å². The number of rotatable bonds is 6. The van der Waals surface area contributed by atoms with Gasteiger partial charge in [0, 0.05) is 31.2 Å². The molecule has 1 heterocycles. The minimum Gasteiger partial charge on any atom is -0.496 e. The molecular weight excluding hydrogens is 240 g/mol. The van der Waals surface area contributed by atoms with Gasteiger partial charge in [0.15, 0.2) is 0 Å². The Bertz CT molecular complexity index is 378. The van der Waals surface area contributed by atoms with Crippen LogP contribution >= 0.6 is 0 Å². The van der Waals surface area contributed by atoms with Crippen molar-refractivity contribution >= 4 is 0 Å². The highest BCUT2D eigenvalue weighted by Crippen LogP contribution is 2.25. The van der Waals surface area contributed by atoms with Gasteiger partial charge in [-0.15, -0.1) is 0 Å². The van der Waals surface area contributed by atoms with Gasteiger partial charge in [-0.05, 0) is 12.6 Å². The van der Waals surface area contributed by atoms with E-state index in [1.165, 1.54) is 5.56 Å². The predicted molar refractivity (Wildman–Crippen MR) is 76.7 cm³/mol. The van der Waals surface area contributed by atoms with Gasteiger partial charge < -0.3 is 14.8 Å². The minimum absolute atomic E-state index is 0.305. The van der Waals surface area contributed by atoms with Crippen LogP contribution < -0.4 is 10.1 Å². The van der Waals surface area contributed by atoms with Crippen LogP contribution in [0.2, 0.25) is 0 Å². The largest absolute Gasteiger partial charge is 0.496 e. The molecule has 0 aliphatic carbocycles. The maximum absolute atomic E-state index is 5.48. The molecular formula is C15H24N2O2. The Morgan fingerprint density at radius 2 is 2.05 bits per heavy atom. The molecule has 1 aromatic rings. The fourth-order valence-corrected chi connectivity index (χ4v) is 2.52. The molecule has 0 amide bonds. The van der Waals surface area contributed by atoms with Gasteiger partial charge in [0.05, 0.1) is 20.3 Å². The highest BCUT2D eigenvalue weighted by Gasteiger charge is 2.19. The third kappa shape index (κ3) is 3.93. The summed E-state index contributed by atoms with van der Waals surface area (Å²) in [5, 5.41) is 3.56. The number of benzene rings is 1. The van der Waals surface area contributed by atoms with E-state index in [1.54, 1.807) is 7.11 Å². The van der Waals surface area contributed by atoms with E-state index in [1.807, 2.05) is 12.1 Å². The van der Waals surface area contributed by atoms with Gasteiger partial charge in [-0.25, -0.2) is 0 Å². The molecule has 2 rings (SSSR count). The first-order valence-corrected chi connectivity index (χ1v) is 7.01. The highest BCUT2D eigenvalue weighted by atomic mass is 16.5. The van der Waals surface area contributed by atoms with Crippen molar-refractivity contribution in [3.63, 3.8) is 0 Å². The molecule has 1 atom stereocenters. The van der Waals surface area contributed by atoms with E-state index in [4.69, 9.17) is 9.47 Å². The van der Waals surface area contributed by atoms with Gasteiger partial charge in [0.25, 0.3) is 0 Å². The van der Waals surface area contributed by atoms with Crippen LogP contribution in [0.5, 0.6) is 5.75 Å². The van der Waals surface area contributed by atoms with Crippen molar-refractivity contribution in [3.8, 4) is 5.75 Å². The first kappa shape index (κ1) is 14.3. The van der Waals surface area contributed by atoms with Crippen LogP contribution in [0.4, 0.5) is 0 Å². The van der Waals surface area contributed by atoms with Gasteiger partial charge in [-0.1, -0.05) is 25.1 Å². The van der Waals surface area contributed by atoms with Crippen LogP contribution in [0, 0.1) is 0 Å². The molecule has 1 saturated heterocycles. The topological polar surface area (TPSA) is 33.7 Å². The van der Waals surface area contributed by atoms with Gasteiger partial charge in [0.2, 0.25) is 0 Å². The van der Waals surface area contributed by atoms with E-state index >= 15 is 0 Å². The van der Waals surface area contributed by atoms with Crippen LogP contribution in [-0.2, 0) is 4.74 Å². The van der Waals surface area contributed by atoms with Crippen LogP contribution in [-0.4, -0.2) is 51.4 Å². The lowest BCUT2D eigenvalue weighted by Gasteiger charge is -2.31. The molecule has 1 aliphatic rings. The van der Waals surface area contributed by atoms with E-state index < -0.39 is 0 Å². The quantitative estimate of drug-likeness (QED) is 0.847. The zero-order chi connectivity index (χ0) is 13.5. The first-order valence-electron chi connectivity index (χ1n) is 7.01. The van der Waals surface area contributed by atoms with Crippen molar-refractivity contribution in [3.05, 3.63) is 29.8 Å². The number of hydrogen-bond acceptors (Lipinski definition) is 4. The number of para-hydroxylation sites is 1. The summed E-state index contributed by atoms with van der Waals surface area (Å²) in [5.74, 6) is 0.960. The minimum atomic E-state index is 0.305. The summed E-state index contributed by atoms with van der Waals surface area (Å²) in [5.41, 5.74) is 1.23. The Morgan fingerprint density at radius 1 is 1.32 bits per heavy atom. The Morgan fingerprint density at radius 3 is 2.74 bits per heavy atom. The summed E-state index contributed by atoms with van der Waals surface area (Å²) in [7, 11) is 1.73. The molecule has 0 bridgehead atoms. The third-order valence-electron chi connectivity index (χ3n) is 3.51. The zero-order valence-electron chi connectivity index (χ0n) is 11.9. The number of morpholine rings is 1. The predicted octanol–water partition coefficient (Wildman–Crippen LogP) is 1.68. The second-order valence-corrected chi connectivity index (χ2v) is 4.77. The fourth-order valence-electron chi connectivity index (χ4n) is 2.52. The summed E-state index contributed by atoms with van der Waals surface area (Å²) >= 11 is 0. The SMILES string of the molecule is CCNC(CN1CCOCC1)c1ccccc1OC. The van der Waals surface area contributed by atoms with E-state index in [2.05, 4.69) is 29.3 Å². The Hall–Kier alpha value is -1.10. The van der Waals surface area contributed by atoms with Crippen molar-refractivity contribution in [1.82, 2.24) is 10.2 Å². The monoisotopic (exact) mass is 264 g/mol. The lowest BCUT2D eigenvalue weighted by Crippen LogP contribution is -2.41. The molecule has 1 unspecified atom stereocenters. The number of hydrogen-bond donors (Lipinski definition) is 1. The van der Waals surface area contributed by atoms with Crippen molar-refractivity contribution in [2.45, 2.75) is 13.0 Å². The lowest BCUT2D eigenvalue weighted by atomic mass is 10.0. The average molecular weight is 264 g/mol. The summed E-state index contributed by atoms with van der Waals surface area (Å²) in [4.78, 5) is 2.45. The molecule has 0 aromatic heterocycles. The molecule has 0 saturated carbocycles. The Labute approximate surface area is 115 Å². The van der Waals surface area contributed by atoms with Crippen LogP contribution in [0.15, 0.2) is 24.3 Å². The normalized spacial score (nSPS) is 18.2. The molecule has 19 heavy (non-hydrogen) atoms. The van der Waals surface area contributed by atoms with Gasteiger partial charge in [-0.3, -0.25) is 4.90 Å². The van der Waals surface area contributed by atoms with E-state index in [-0.39, 0.29) is 0 Å². The second kappa shape index (κ2) is 7.48. The maximum Gasteiger partial charge on any atom is 0.123 e. The van der Waals surface area contributed by atoms with Crippen molar-refractivity contribution < 1.29 is 9.47 Å². The van der Waals surface area contributed by atoms with Crippen LogP contribution in [0.3, 0.4) is 0 Å². The number of ether oxygens (including phenoxy) is 2. The fraction of sp³-hybridized carbons (Fsp3) is 0.600. The molecule has 1 aliphatic heterocycles. The molecule has 1 N–H and O–H groups in total. The summed E-state index contributed by atoms with van der Waals surface area (Å²) in [6.45, 7) is 7.79. The third-order valence-corrected chi connectivity index (χ3v) is 3.51. The highest BCUT2D eigenvalue weighted by molar-refractivity contribution is 5.36. The number of nitrogens with one attached hydrogen (secondary N) is 1. The van der Waals surface area contributed by atoms with Crippen molar-refractivity contribution in [2.75, 3.05) is 46.5 Å². The maximum atomic E-state index is 5.48. The number of likely N-dealkylation sites (N-methyl/N-ethyl adjacent to an activating group) is 1. The first-order chi connectivity index (χ1) is 9.35. The smallest absolute Gasteiger partial charge is 0.123 e. The van der Waals surface area contributed by atoms with Gasteiger partial charge in [-0.2, -0.15) is 0 Å². The van der Waals surface area contributed by atoms with E-state index in [9.17, 15) is 0 Å². The molecule has 0 spiro atoms. The molecule has 1 fully saturated rings. The lowest BCUT2D eigenvalue weighted by molar-refractivity contribution is 0.0334. The van der Waals surface area contributed by atoms with Crippen LogP contribution in [0.25, 0.3) is 0 Å². The number of nitrogens with zero attached hydrogens (tertiary/aromatic N) is 1. The Balaban J connectivity index is 2.09. The van der Waals surface area contributed by atoms with Gasteiger partial charge >= 0.3 is 0 Å². The summed E-state index contributed by atoms with van der Waals surface area (Å²) in [6.07, 6.45) is 0. The standard InChI is InChI=1S/C15H24N2O2/c1-3-16-14(12-17-8-10-19-11-9-17)13-6-4-5-7-15(13)18-2/h4-7,14,16H,3,8-12H2,1-2H3. The molecule has 0 radical (unpaired) electrons. The Kier molecular flexibility index (Phi) is 5.63. The zero-order valence-corrected chi connectivity index (χ0v) is 11.9. The number of methoxy groups -OCH3 is 1. The molecule has 4 heteroatoms. The molecule has 4 nitrogen and oxygen atoms in total. The second-order valence-electron chi connectivity index (χ2n) is 4.77. The van der Waals surface area contributed by atoms with Crippen molar-refractivity contribution in [2.24, 2.45) is 0 Å². The average Bonchev–Trinajstić information content (AvgIpc) is 2.48. The summed E-state index contributed by atoms with van der Waals surface area (Å²) < 4.78 is 10.9. The van der Waals surface area contributed by atoms with Gasteiger partial charge in [0.1, 0.15) is 5.75 Å². The summed E-state index contributed by atoms with van der Waals surface area (Å²) in [6, 6.07) is 8.56. The molecule has 106 valence electrons. The van der Waals surface area contributed by atoms with E-state index in [0.717, 1.165) is 45.1 Å². The molecule has 1 aromatic carbocycles. The van der Waals surface area contributed by atoms with E-state index in [0.29, 0.717) is 6.04 Å². The van der Waals surface area contributed by atoms with Crippen molar-refractivity contribution in [1.29, 1.82) is 0 Å².